The lowest BCUT2D eigenvalue weighted by Gasteiger charge is -2.13. The molecule has 2 rings (SSSR count). The fourth-order valence-corrected chi connectivity index (χ4v) is 2.06. The van der Waals surface area contributed by atoms with Gasteiger partial charge in [-0.25, -0.2) is 0 Å². The van der Waals surface area contributed by atoms with Gasteiger partial charge >= 0.3 is 0 Å². The first-order valence-corrected chi connectivity index (χ1v) is 5.65. The molecule has 1 unspecified atom stereocenters. The zero-order valence-electron chi connectivity index (χ0n) is 9.81. The Balaban J connectivity index is 2.07. The summed E-state index contributed by atoms with van der Waals surface area (Å²) in [4.78, 5) is 14.1. The zero-order chi connectivity index (χ0) is 12.4. The summed E-state index contributed by atoms with van der Waals surface area (Å²) in [5, 5.41) is 12.6. The Hall–Kier alpha value is -1.75. The molecule has 17 heavy (non-hydrogen) atoms. The van der Waals surface area contributed by atoms with Crippen LogP contribution in [0.25, 0.3) is 0 Å². The van der Waals surface area contributed by atoms with E-state index in [1.807, 2.05) is 7.05 Å². The number of anilines is 1. The van der Waals surface area contributed by atoms with Crippen LogP contribution < -0.4 is 11.1 Å². The molecule has 0 aromatic heterocycles. The standard InChI is InChI=1S/C12H17N3O2/c1-15-6-5-8(7-15)14-12(17)9-3-2-4-10(13)11(9)16/h2-4,8,16H,5-7,13H2,1H3,(H,14,17). The van der Waals surface area contributed by atoms with E-state index in [1.165, 1.54) is 0 Å². The van der Waals surface area contributed by atoms with E-state index in [0.29, 0.717) is 0 Å². The number of para-hydroxylation sites is 1. The first kappa shape index (κ1) is 11.7. The molecule has 1 fully saturated rings. The van der Waals surface area contributed by atoms with Crippen molar-refractivity contribution in [2.45, 2.75) is 12.5 Å². The third-order valence-corrected chi connectivity index (χ3v) is 3.04. The minimum absolute atomic E-state index is 0.142. The molecule has 1 aromatic rings. The topological polar surface area (TPSA) is 78.6 Å². The van der Waals surface area contributed by atoms with Crippen molar-refractivity contribution in [3.05, 3.63) is 23.8 Å². The molecule has 0 radical (unpaired) electrons. The quantitative estimate of drug-likeness (QED) is 0.512. The molecule has 92 valence electrons. The molecule has 1 saturated heterocycles. The van der Waals surface area contributed by atoms with E-state index in [0.717, 1.165) is 19.5 Å². The second-order valence-electron chi connectivity index (χ2n) is 4.46. The Morgan fingerprint density at radius 2 is 2.35 bits per heavy atom. The highest BCUT2D eigenvalue weighted by atomic mass is 16.3. The molecule has 1 heterocycles. The van der Waals surface area contributed by atoms with Crippen LogP contribution in [-0.4, -0.2) is 42.1 Å². The van der Waals surface area contributed by atoms with Crippen molar-refractivity contribution in [1.29, 1.82) is 0 Å². The van der Waals surface area contributed by atoms with Crippen LogP contribution >= 0.6 is 0 Å². The van der Waals surface area contributed by atoms with Crippen LogP contribution in [0, 0.1) is 0 Å². The van der Waals surface area contributed by atoms with E-state index in [4.69, 9.17) is 5.73 Å². The van der Waals surface area contributed by atoms with Gasteiger partial charge in [0, 0.05) is 12.6 Å². The number of amides is 1. The van der Waals surface area contributed by atoms with E-state index < -0.39 is 0 Å². The lowest BCUT2D eigenvalue weighted by molar-refractivity contribution is 0.0936. The van der Waals surface area contributed by atoms with E-state index in [1.54, 1.807) is 18.2 Å². The number of phenolic OH excluding ortho intramolecular Hbond substituents is 1. The molecule has 0 spiro atoms. The summed E-state index contributed by atoms with van der Waals surface area (Å²) in [5.74, 6) is -0.411. The molecule has 4 N–H and O–H groups in total. The number of likely N-dealkylation sites (N-methyl/N-ethyl adjacent to an activating group) is 1. The van der Waals surface area contributed by atoms with Crippen LogP contribution in [0.3, 0.4) is 0 Å². The molecule has 1 amide bonds. The zero-order valence-corrected chi connectivity index (χ0v) is 9.81. The average molecular weight is 235 g/mol. The number of nitrogens with zero attached hydrogens (tertiary/aromatic N) is 1. The van der Waals surface area contributed by atoms with Crippen LogP contribution in [0.1, 0.15) is 16.8 Å². The van der Waals surface area contributed by atoms with Crippen LogP contribution in [0.4, 0.5) is 5.69 Å². The third kappa shape index (κ3) is 2.50. The van der Waals surface area contributed by atoms with Crippen molar-refractivity contribution in [2.75, 3.05) is 25.9 Å². The van der Waals surface area contributed by atoms with Gasteiger partial charge in [0.2, 0.25) is 0 Å². The molecule has 1 aliphatic rings. The number of hydrogen-bond donors (Lipinski definition) is 3. The highest BCUT2D eigenvalue weighted by Gasteiger charge is 2.22. The highest BCUT2D eigenvalue weighted by molar-refractivity contribution is 5.98. The second kappa shape index (κ2) is 4.63. The van der Waals surface area contributed by atoms with E-state index in [2.05, 4.69) is 10.2 Å². The lowest BCUT2D eigenvalue weighted by Crippen LogP contribution is -2.36. The maximum atomic E-state index is 11.9. The van der Waals surface area contributed by atoms with Gasteiger partial charge < -0.3 is 21.1 Å². The van der Waals surface area contributed by atoms with Crippen molar-refractivity contribution in [3.8, 4) is 5.75 Å². The normalized spacial score (nSPS) is 20.4. The number of likely N-dealkylation sites (tertiary alicyclic amines) is 1. The Labute approximate surface area is 100 Å². The number of rotatable bonds is 2. The maximum Gasteiger partial charge on any atom is 0.255 e. The highest BCUT2D eigenvalue weighted by Crippen LogP contribution is 2.24. The molecular weight excluding hydrogens is 218 g/mol. The molecule has 0 aliphatic carbocycles. The van der Waals surface area contributed by atoms with Gasteiger partial charge in [-0.2, -0.15) is 0 Å². The van der Waals surface area contributed by atoms with Gasteiger partial charge in [0.1, 0.15) is 0 Å². The molecule has 1 aromatic carbocycles. The van der Waals surface area contributed by atoms with Gasteiger partial charge in [-0.15, -0.1) is 0 Å². The van der Waals surface area contributed by atoms with Gasteiger partial charge in [-0.05, 0) is 32.1 Å². The Morgan fingerprint density at radius 3 is 3.00 bits per heavy atom. The summed E-state index contributed by atoms with van der Waals surface area (Å²) in [5.41, 5.74) is 6.01. The molecule has 5 nitrogen and oxygen atoms in total. The van der Waals surface area contributed by atoms with Gasteiger partial charge in [-0.1, -0.05) is 6.07 Å². The number of phenols is 1. The fraction of sp³-hybridized carbons (Fsp3) is 0.417. The van der Waals surface area contributed by atoms with Crippen molar-refractivity contribution >= 4 is 11.6 Å². The van der Waals surface area contributed by atoms with E-state index in [-0.39, 0.29) is 28.9 Å². The smallest absolute Gasteiger partial charge is 0.255 e. The summed E-state index contributed by atoms with van der Waals surface area (Å²) in [6.07, 6.45) is 0.936. The summed E-state index contributed by atoms with van der Waals surface area (Å²) >= 11 is 0. The van der Waals surface area contributed by atoms with Crippen molar-refractivity contribution in [2.24, 2.45) is 0 Å². The Morgan fingerprint density at radius 1 is 1.59 bits per heavy atom. The molecule has 1 atom stereocenters. The summed E-state index contributed by atoms with van der Waals surface area (Å²) < 4.78 is 0. The monoisotopic (exact) mass is 235 g/mol. The summed E-state index contributed by atoms with van der Waals surface area (Å²) in [7, 11) is 2.02. The van der Waals surface area contributed by atoms with Crippen LogP contribution in [0.2, 0.25) is 0 Å². The molecular formula is C12H17N3O2. The molecule has 0 saturated carbocycles. The van der Waals surface area contributed by atoms with Gasteiger partial charge in [0.05, 0.1) is 11.3 Å². The van der Waals surface area contributed by atoms with Crippen LogP contribution in [-0.2, 0) is 0 Å². The number of nitrogens with two attached hydrogens (primary N) is 1. The SMILES string of the molecule is CN1CCC(NC(=O)c2cccc(N)c2O)C1. The largest absolute Gasteiger partial charge is 0.505 e. The van der Waals surface area contributed by atoms with E-state index >= 15 is 0 Å². The lowest BCUT2D eigenvalue weighted by atomic mass is 10.1. The predicted molar refractivity (Wildman–Crippen MR) is 65.9 cm³/mol. The first-order valence-electron chi connectivity index (χ1n) is 5.65. The number of benzene rings is 1. The number of aromatic hydroxyl groups is 1. The van der Waals surface area contributed by atoms with E-state index in [9.17, 15) is 9.90 Å². The number of nitrogens with one attached hydrogen (secondary N) is 1. The molecule has 1 aliphatic heterocycles. The number of hydrogen-bond acceptors (Lipinski definition) is 4. The molecule has 0 bridgehead atoms. The first-order chi connectivity index (χ1) is 8.08. The average Bonchev–Trinajstić information content (AvgIpc) is 2.68. The molecule has 5 heteroatoms. The van der Waals surface area contributed by atoms with Crippen LogP contribution in [0.15, 0.2) is 18.2 Å². The predicted octanol–water partition coefficient (Wildman–Crippen LogP) is 0.408. The number of nitrogen functional groups attached to an aromatic ring is 1. The van der Waals surface area contributed by atoms with Crippen molar-refractivity contribution < 1.29 is 9.90 Å². The Kier molecular flexibility index (Phi) is 3.19. The minimum atomic E-state index is -0.268. The van der Waals surface area contributed by atoms with Gasteiger partial charge in [0.25, 0.3) is 5.91 Å². The van der Waals surface area contributed by atoms with Crippen molar-refractivity contribution in [1.82, 2.24) is 10.2 Å². The maximum absolute atomic E-state index is 11.9. The summed E-state index contributed by atoms with van der Waals surface area (Å²) in [6.45, 7) is 1.82. The van der Waals surface area contributed by atoms with Gasteiger partial charge in [-0.3, -0.25) is 4.79 Å². The Bertz CT molecular complexity index is 434. The third-order valence-electron chi connectivity index (χ3n) is 3.04. The number of carbonyl (C=O) groups excluding carboxylic acids is 1. The van der Waals surface area contributed by atoms with Crippen molar-refractivity contribution in [3.63, 3.8) is 0 Å². The fourth-order valence-electron chi connectivity index (χ4n) is 2.06. The van der Waals surface area contributed by atoms with Crippen LogP contribution in [0.5, 0.6) is 5.75 Å². The van der Waals surface area contributed by atoms with Gasteiger partial charge in [0.15, 0.2) is 5.75 Å². The summed E-state index contributed by atoms with van der Waals surface area (Å²) in [6, 6.07) is 4.94. The minimum Gasteiger partial charge on any atom is -0.505 e. The second-order valence-corrected chi connectivity index (χ2v) is 4.46. The number of carbonyl (C=O) groups is 1.